The van der Waals surface area contributed by atoms with Gasteiger partial charge in [-0.25, -0.2) is 4.39 Å². The van der Waals surface area contributed by atoms with Crippen molar-refractivity contribution >= 4 is 17.1 Å². The van der Waals surface area contributed by atoms with Gasteiger partial charge in [0.05, 0.1) is 30.1 Å². The van der Waals surface area contributed by atoms with Crippen molar-refractivity contribution in [3.05, 3.63) is 75.4 Å². The molecule has 0 saturated carbocycles. The van der Waals surface area contributed by atoms with Gasteiger partial charge < -0.3 is 20.6 Å². The van der Waals surface area contributed by atoms with Gasteiger partial charge in [-0.15, -0.1) is 0 Å². The molecule has 10 heteroatoms. The van der Waals surface area contributed by atoms with Crippen molar-refractivity contribution in [1.29, 1.82) is 5.26 Å². The predicted molar refractivity (Wildman–Crippen MR) is 199 cm³/mol. The van der Waals surface area contributed by atoms with Crippen molar-refractivity contribution in [2.24, 2.45) is 0 Å². The Bertz CT molecular complexity index is 1780. The third kappa shape index (κ3) is 6.87. The standard InChI is InChI=1S/C32H41N7O.C8H14FN/c1-6-24-16-29(38-13-8-14-39-30(18-38)20(2)32(36-39)21(3)37(4)5)26(19-40)28(35-24)15-23-10-7-9-22-11-12-27(34)25(17-33)31(22)23;1-8-3-2-4-10(8)6-7(9)5-8/h11-12,16,23,40H,3,6-10,13-15,18-19,34H2,1-2,4-5H3;7H,2-6H2,1H3. The summed E-state index contributed by atoms with van der Waals surface area (Å²) in [6.45, 7) is 14.9. The maximum absolute atomic E-state index is 12.8. The molecule has 3 aromatic rings. The Hall–Kier alpha value is -3.94. The zero-order valence-corrected chi connectivity index (χ0v) is 30.7. The first kappa shape index (κ1) is 35.9. The van der Waals surface area contributed by atoms with Crippen LogP contribution in [-0.2, 0) is 39.0 Å². The lowest BCUT2D eigenvalue weighted by atomic mass is 9.77. The van der Waals surface area contributed by atoms with Crippen LogP contribution < -0.4 is 10.6 Å². The van der Waals surface area contributed by atoms with E-state index < -0.39 is 6.17 Å². The van der Waals surface area contributed by atoms with E-state index in [0.717, 1.165) is 103 Å². The van der Waals surface area contributed by atoms with Crippen LogP contribution in [0.1, 0.15) is 109 Å². The molecule has 2 aromatic heterocycles. The molecule has 0 bridgehead atoms. The van der Waals surface area contributed by atoms with Crippen LogP contribution >= 0.6 is 0 Å². The average molecular weight is 683 g/mol. The van der Waals surface area contributed by atoms with Gasteiger partial charge in [-0.05, 0) is 107 Å². The third-order valence-electron chi connectivity index (χ3n) is 11.7. The molecule has 1 aliphatic carbocycles. The summed E-state index contributed by atoms with van der Waals surface area (Å²) >= 11 is 0. The summed E-state index contributed by atoms with van der Waals surface area (Å²) in [7, 11) is 3.99. The number of benzene rings is 1. The minimum atomic E-state index is -0.551. The number of halogens is 1. The van der Waals surface area contributed by atoms with Gasteiger partial charge in [0.15, 0.2) is 0 Å². The number of nitrogen functional groups attached to an aromatic ring is 1. The van der Waals surface area contributed by atoms with Gasteiger partial charge in [0.25, 0.3) is 0 Å². The minimum Gasteiger partial charge on any atom is -0.398 e. The number of hydrogen-bond donors (Lipinski definition) is 2. The molecule has 3 atom stereocenters. The van der Waals surface area contributed by atoms with Gasteiger partial charge in [-0.3, -0.25) is 14.6 Å². The Morgan fingerprint density at radius 3 is 2.72 bits per heavy atom. The van der Waals surface area contributed by atoms with Gasteiger partial charge in [0.1, 0.15) is 17.9 Å². The van der Waals surface area contributed by atoms with E-state index in [1.165, 1.54) is 24.1 Å². The molecule has 5 heterocycles. The number of pyridine rings is 1. The maximum atomic E-state index is 12.8. The molecule has 9 nitrogen and oxygen atoms in total. The number of anilines is 2. The van der Waals surface area contributed by atoms with Crippen molar-refractivity contribution in [3.8, 4) is 6.07 Å². The molecule has 4 aliphatic rings. The highest BCUT2D eigenvalue weighted by Gasteiger charge is 2.44. The molecule has 3 unspecified atom stereocenters. The zero-order chi connectivity index (χ0) is 35.7. The number of hydrogen-bond acceptors (Lipinski definition) is 8. The fraction of sp³-hybridized carbons (Fsp3) is 0.575. The molecule has 7 rings (SSSR count). The first-order valence-corrected chi connectivity index (χ1v) is 18.5. The van der Waals surface area contributed by atoms with E-state index in [9.17, 15) is 14.8 Å². The van der Waals surface area contributed by atoms with Crippen LogP contribution in [-0.4, -0.2) is 75.1 Å². The van der Waals surface area contributed by atoms with Crippen molar-refractivity contribution in [2.45, 2.75) is 116 Å². The van der Waals surface area contributed by atoms with Gasteiger partial charge in [-0.2, -0.15) is 10.4 Å². The molecule has 50 heavy (non-hydrogen) atoms. The third-order valence-corrected chi connectivity index (χ3v) is 11.7. The highest BCUT2D eigenvalue weighted by atomic mass is 19.1. The number of nitrogens with two attached hydrogens (primary N) is 1. The largest absolute Gasteiger partial charge is 0.398 e. The number of nitrogens with zero attached hydrogens (tertiary/aromatic N) is 7. The lowest BCUT2D eigenvalue weighted by Gasteiger charge is -2.30. The summed E-state index contributed by atoms with van der Waals surface area (Å²) in [6.07, 6.45) is 8.13. The van der Waals surface area contributed by atoms with E-state index in [-0.39, 0.29) is 18.1 Å². The number of fused-ring (bicyclic) bond motifs is 3. The molecule has 0 spiro atoms. The molecule has 3 aliphatic heterocycles. The van der Waals surface area contributed by atoms with Crippen LogP contribution in [0.5, 0.6) is 0 Å². The summed E-state index contributed by atoms with van der Waals surface area (Å²) in [5, 5.41) is 25.6. The van der Waals surface area contributed by atoms with Crippen molar-refractivity contribution in [1.82, 2.24) is 24.6 Å². The summed E-state index contributed by atoms with van der Waals surface area (Å²) < 4.78 is 15.0. The SMILES string of the molecule is C=C(c1nn2c(c1C)CN(c1cc(CC)nc(CC3CCCc4ccc(N)c(C#N)c43)c1CO)CCC2)N(C)C.CC12CCCN1CC(F)C2. The first-order valence-electron chi connectivity index (χ1n) is 18.5. The Morgan fingerprint density at radius 2 is 2.02 bits per heavy atom. The quantitative estimate of drug-likeness (QED) is 0.280. The lowest BCUT2D eigenvalue weighted by Crippen LogP contribution is -2.34. The highest BCUT2D eigenvalue weighted by Crippen LogP contribution is 2.41. The Morgan fingerprint density at radius 1 is 1.22 bits per heavy atom. The molecule has 0 amide bonds. The molecule has 0 radical (unpaired) electrons. The van der Waals surface area contributed by atoms with Crippen LogP contribution in [0.25, 0.3) is 5.70 Å². The molecular weight excluding hydrogens is 627 g/mol. The normalized spacial score (nSPS) is 22.9. The second-order valence-electron chi connectivity index (χ2n) is 15.2. The van der Waals surface area contributed by atoms with Crippen molar-refractivity contribution in [3.63, 3.8) is 0 Å². The van der Waals surface area contributed by atoms with E-state index in [1.807, 2.05) is 25.1 Å². The van der Waals surface area contributed by atoms with E-state index in [1.54, 1.807) is 0 Å². The van der Waals surface area contributed by atoms with E-state index in [0.29, 0.717) is 30.8 Å². The lowest BCUT2D eigenvalue weighted by molar-refractivity contribution is 0.217. The molecule has 2 fully saturated rings. The number of aromatic nitrogens is 3. The molecule has 1 aromatic carbocycles. The van der Waals surface area contributed by atoms with E-state index in [2.05, 4.69) is 60.0 Å². The fourth-order valence-electron chi connectivity index (χ4n) is 8.82. The monoisotopic (exact) mass is 682 g/mol. The fourth-order valence-corrected chi connectivity index (χ4v) is 8.82. The number of aliphatic hydroxyl groups excluding tert-OH is 1. The van der Waals surface area contributed by atoms with Crippen LogP contribution in [0.3, 0.4) is 0 Å². The van der Waals surface area contributed by atoms with Gasteiger partial charge >= 0.3 is 0 Å². The Balaban J connectivity index is 0.000000367. The molecule has 268 valence electrons. The number of aliphatic hydroxyl groups is 1. The van der Waals surface area contributed by atoms with Crippen LogP contribution in [0.15, 0.2) is 24.8 Å². The topological polar surface area (TPSA) is 110 Å². The zero-order valence-electron chi connectivity index (χ0n) is 30.7. The number of aryl methyl sites for hydroxylation is 3. The first-order chi connectivity index (χ1) is 24.0. The maximum Gasteiger partial charge on any atom is 0.115 e. The van der Waals surface area contributed by atoms with Gasteiger partial charge in [0.2, 0.25) is 0 Å². The van der Waals surface area contributed by atoms with Gasteiger partial charge in [0, 0.05) is 73.2 Å². The summed E-state index contributed by atoms with van der Waals surface area (Å²) in [4.78, 5) is 11.8. The van der Waals surface area contributed by atoms with Crippen LogP contribution in [0.4, 0.5) is 15.8 Å². The number of rotatable bonds is 7. The minimum absolute atomic E-state index is 0.0826. The summed E-state index contributed by atoms with van der Waals surface area (Å²) in [5.74, 6) is 0.145. The van der Waals surface area contributed by atoms with Gasteiger partial charge in [-0.1, -0.05) is 19.6 Å². The second kappa shape index (κ2) is 14.7. The average Bonchev–Trinajstić information content (AvgIpc) is 3.63. The van der Waals surface area contributed by atoms with Crippen molar-refractivity contribution in [2.75, 3.05) is 44.4 Å². The van der Waals surface area contributed by atoms with Crippen LogP contribution in [0, 0.1) is 18.3 Å². The molecule has 2 saturated heterocycles. The second-order valence-corrected chi connectivity index (χ2v) is 15.2. The van der Waals surface area contributed by atoms with E-state index in [4.69, 9.17) is 15.8 Å². The van der Waals surface area contributed by atoms with E-state index >= 15 is 0 Å². The summed E-state index contributed by atoms with van der Waals surface area (Å²) in [5.41, 5.74) is 18.0. The number of nitriles is 1. The smallest absolute Gasteiger partial charge is 0.115 e. The predicted octanol–water partition coefficient (Wildman–Crippen LogP) is 6.28. The highest BCUT2D eigenvalue weighted by molar-refractivity contribution is 5.64. The van der Waals surface area contributed by atoms with Crippen LogP contribution in [0.2, 0.25) is 0 Å². The molecule has 3 N–H and O–H groups in total. The molecular formula is C40H55FN8O. The Kier molecular flexibility index (Phi) is 10.6. The Labute approximate surface area is 297 Å². The summed E-state index contributed by atoms with van der Waals surface area (Å²) in [6, 6.07) is 8.46. The number of alkyl halides is 1. The van der Waals surface area contributed by atoms with Crippen molar-refractivity contribution < 1.29 is 9.50 Å².